The zero-order valence-corrected chi connectivity index (χ0v) is 27.1. The fourth-order valence-corrected chi connectivity index (χ4v) is 6.01. The molecule has 1 aliphatic heterocycles. The average Bonchev–Trinajstić information content (AvgIpc) is 3.67. The van der Waals surface area contributed by atoms with Crippen LogP contribution in [0.15, 0.2) is 23.8 Å². The van der Waals surface area contributed by atoms with Gasteiger partial charge >= 0.3 is 5.97 Å². The number of carbonyl (C=O) groups excluding carboxylic acids is 4. The maximum Gasteiger partial charge on any atom is 0.309 e. The number of carbonyl (C=O) groups is 3. The van der Waals surface area contributed by atoms with Gasteiger partial charge in [-0.3, -0.25) is 14.4 Å². The Morgan fingerprint density at radius 1 is 1.00 bits per heavy atom. The molecule has 2 heterocycles. The van der Waals surface area contributed by atoms with Crippen LogP contribution in [0.4, 0.5) is 8.78 Å². The molecule has 2 aromatic carbocycles. The molecular weight excluding hydrogens is 624 g/mol. The van der Waals surface area contributed by atoms with Gasteiger partial charge in [-0.1, -0.05) is 6.92 Å². The Kier molecular flexibility index (Phi) is 11.4. The molecule has 4 rings (SSSR count). The molecule has 0 aliphatic carbocycles. The lowest BCUT2D eigenvalue weighted by atomic mass is 10.0. The van der Waals surface area contributed by atoms with Gasteiger partial charge in [0.05, 0.1) is 51.3 Å². The van der Waals surface area contributed by atoms with E-state index in [0.717, 1.165) is 11.3 Å². The smallest absolute Gasteiger partial charge is 0.309 e. The number of nitrogens with zero attached hydrogens (tertiary/aromatic N) is 1. The van der Waals surface area contributed by atoms with Crippen molar-refractivity contribution in [2.75, 3.05) is 34.0 Å². The molecule has 1 amide bonds. The lowest BCUT2D eigenvalue weighted by Gasteiger charge is -2.15. The first-order valence-electron chi connectivity index (χ1n) is 14.6. The number of ketones is 1. The van der Waals surface area contributed by atoms with Crippen molar-refractivity contribution >= 4 is 45.0 Å². The minimum atomic E-state index is -0.701. The number of esters is 1. The maximum atomic E-state index is 15.6. The van der Waals surface area contributed by atoms with Gasteiger partial charge in [0.2, 0.25) is 5.91 Å². The van der Waals surface area contributed by atoms with Crippen LogP contribution in [0.2, 0.25) is 0 Å². The highest BCUT2D eigenvalue weighted by Gasteiger charge is 2.30. The normalized spacial score (nSPS) is 12.7. The molecule has 1 aromatic heterocycles. The number of hydrogen-bond acceptors (Lipinski definition) is 10. The highest BCUT2D eigenvalue weighted by Crippen LogP contribution is 2.41. The quantitative estimate of drug-likeness (QED) is 0.0860. The number of benzene rings is 2. The minimum absolute atomic E-state index is 0.0000341. The second kappa shape index (κ2) is 15.2. The number of ether oxygens (including phenoxy) is 5. The zero-order chi connectivity index (χ0) is 33.5. The second-order valence-corrected chi connectivity index (χ2v) is 11.8. The van der Waals surface area contributed by atoms with E-state index in [1.54, 1.807) is 31.9 Å². The van der Waals surface area contributed by atoms with Gasteiger partial charge in [0, 0.05) is 53.2 Å². The van der Waals surface area contributed by atoms with E-state index in [-0.39, 0.29) is 97.8 Å². The number of Topliss-reactive ketones (excluding diaryl/α,β-unsaturated/α-hetero) is 1. The molecule has 246 valence electrons. The first-order valence-corrected chi connectivity index (χ1v) is 15.5. The van der Waals surface area contributed by atoms with Gasteiger partial charge in [-0.25, -0.2) is 13.6 Å². The molecular formula is C33H35F2NO9S. The molecule has 0 spiro atoms. The van der Waals surface area contributed by atoms with Crippen LogP contribution in [0.25, 0.3) is 10.1 Å². The summed E-state index contributed by atoms with van der Waals surface area (Å²) >= 11 is 1.09. The standard InChI is InChI=1S/C33H35F2NO9S/c1-6-43-33(40)19(3)11-23(38)27-13-21-26(46-27)14-25(42-5)32(29(21)34)45-9-7-8-44-31-24(41-4)12-20-15-36(16-22(20)30(31)35)28(39)10-18(2)17-37/h12-14,19H,6-11,15-16H2,1-5H3/t19-/m0/s1. The van der Waals surface area contributed by atoms with Gasteiger partial charge in [0.15, 0.2) is 40.4 Å². The van der Waals surface area contributed by atoms with Crippen LogP contribution < -0.4 is 18.9 Å². The monoisotopic (exact) mass is 659 g/mol. The van der Waals surface area contributed by atoms with Crippen molar-refractivity contribution in [3.8, 4) is 23.0 Å². The van der Waals surface area contributed by atoms with E-state index < -0.39 is 23.5 Å². The molecule has 0 N–H and O–H groups in total. The number of methoxy groups -OCH3 is 2. The summed E-state index contributed by atoms with van der Waals surface area (Å²) in [4.78, 5) is 49.8. The van der Waals surface area contributed by atoms with Crippen molar-refractivity contribution in [3.05, 3.63) is 51.4 Å². The molecule has 3 aromatic rings. The summed E-state index contributed by atoms with van der Waals surface area (Å²) in [6, 6.07) is 4.63. The van der Waals surface area contributed by atoms with E-state index in [1.165, 1.54) is 32.1 Å². The molecule has 0 saturated carbocycles. The van der Waals surface area contributed by atoms with Gasteiger partial charge in [0.25, 0.3) is 0 Å². The van der Waals surface area contributed by atoms with Crippen molar-refractivity contribution in [1.82, 2.24) is 4.90 Å². The summed E-state index contributed by atoms with van der Waals surface area (Å²) in [5.41, 5.74) is 1.14. The third-order valence-electron chi connectivity index (χ3n) is 7.39. The summed E-state index contributed by atoms with van der Waals surface area (Å²) in [6.07, 6.45) is 0.0693. The van der Waals surface area contributed by atoms with Gasteiger partial charge in [-0.15, -0.1) is 11.3 Å². The Balaban J connectivity index is 1.40. The Labute approximate surface area is 268 Å². The first kappa shape index (κ1) is 34.4. The lowest BCUT2D eigenvalue weighted by molar-refractivity contribution is -0.147. The SMILES string of the molecule is CCOC(=O)[C@@H](C)CC(=O)c1cc2c(F)c(OCCCOc3c(OC)cc4c(c3F)CN(C(=O)CC(C)=C=O)C4)c(OC)cc2s1. The van der Waals surface area contributed by atoms with Crippen LogP contribution in [-0.4, -0.2) is 62.5 Å². The largest absolute Gasteiger partial charge is 0.493 e. The van der Waals surface area contributed by atoms with Crippen LogP contribution in [-0.2, 0) is 32.2 Å². The van der Waals surface area contributed by atoms with Crippen LogP contribution >= 0.6 is 11.3 Å². The second-order valence-electron chi connectivity index (χ2n) is 10.7. The highest BCUT2D eigenvalue weighted by molar-refractivity contribution is 7.20. The van der Waals surface area contributed by atoms with Crippen molar-refractivity contribution in [2.24, 2.45) is 5.92 Å². The van der Waals surface area contributed by atoms with E-state index in [9.17, 15) is 19.2 Å². The first-order chi connectivity index (χ1) is 22.0. The predicted octanol–water partition coefficient (Wildman–Crippen LogP) is 5.83. The molecule has 0 bridgehead atoms. The zero-order valence-electron chi connectivity index (χ0n) is 26.3. The molecule has 1 aliphatic rings. The molecule has 0 radical (unpaired) electrons. The van der Waals surface area contributed by atoms with E-state index >= 15 is 8.78 Å². The lowest BCUT2D eigenvalue weighted by Crippen LogP contribution is -2.25. The fourth-order valence-electron chi connectivity index (χ4n) is 4.98. The van der Waals surface area contributed by atoms with E-state index in [4.69, 9.17) is 23.7 Å². The summed E-state index contributed by atoms with van der Waals surface area (Å²) in [5, 5.41) is 0.180. The average molecular weight is 660 g/mol. The Morgan fingerprint density at radius 3 is 2.28 bits per heavy atom. The van der Waals surface area contributed by atoms with Crippen molar-refractivity contribution in [3.63, 3.8) is 0 Å². The van der Waals surface area contributed by atoms with Crippen LogP contribution in [0.3, 0.4) is 0 Å². The summed E-state index contributed by atoms with van der Waals surface area (Å²) in [5.74, 6) is -1.34. The van der Waals surface area contributed by atoms with Gasteiger partial charge in [0.1, 0.15) is 5.94 Å². The van der Waals surface area contributed by atoms with E-state index in [2.05, 4.69) is 0 Å². The number of rotatable bonds is 15. The Hall–Kier alpha value is -4.48. The molecule has 0 unspecified atom stereocenters. The fraction of sp³-hybridized carbons (Fsp3) is 0.424. The van der Waals surface area contributed by atoms with Crippen LogP contribution in [0, 0.1) is 17.6 Å². The van der Waals surface area contributed by atoms with Crippen molar-refractivity contribution in [1.29, 1.82) is 0 Å². The highest BCUT2D eigenvalue weighted by atomic mass is 32.1. The topological polar surface area (TPSA) is 118 Å². The predicted molar refractivity (Wildman–Crippen MR) is 165 cm³/mol. The molecule has 1 atom stereocenters. The van der Waals surface area contributed by atoms with Gasteiger partial charge in [-0.05, 0) is 31.5 Å². The third-order valence-corrected chi connectivity index (χ3v) is 8.52. The molecule has 0 saturated heterocycles. The molecule has 0 fully saturated rings. The minimum Gasteiger partial charge on any atom is -0.493 e. The van der Waals surface area contributed by atoms with E-state index in [1.807, 2.05) is 0 Å². The van der Waals surface area contributed by atoms with Crippen LogP contribution in [0.5, 0.6) is 23.0 Å². The number of halogens is 2. The Bertz CT molecular complexity index is 1700. The molecule has 46 heavy (non-hydrogen) atoms. The number of thiophene rings is 1. The summed E-state index contributed by atoms with van der Waals surface area (Å²) in [6.45, 7) is 5.20. The van der Waals surface area contributed by atoms with Crippen molar-refractivity contribution in [2.45, 2.75) is 53.1 Å². The Morgan fingerprint density at radius 2 is 1.65 bits per heavy atom. The summed E-state index contributed by atoms with van der Waals surface area (Å²) < 4.78 is 58.7. The number of hydrogen-bond donors (Lipinski definition) is 0. The third kappa shape index (κ3) is 7.48. The van der Waals surface area contributed by atoms with Gasteiger partial charge < -0.3 is 28.6 Å². The van der Waals surface area contributed by atoms with Crippen molar-refractivity contribution < 1.29 is 51.6 Å². The summed E-state index contributed by atoms with van der Waals surface area (Å²) in [7, 11) is 2.75. The van der Waals surface area contributed by atoms with Crippen LogP contribution in [0.1, 0.15) is 60.8 Å². The number of fused-ring (bicyclic) bond motifs is 2. The molecule has 13 heteroatoms. The van der Waals surface area contributed by atoms with E-state index in [0.29, 0.717) is 20.7 Å². The molecule has 10 nitrogen and oxygen atoms in total. The maximum absolute atomic E-state index is 15.6. The number of amides is 1. The van der Waals surface area contributed by atoms with Gasteiger partial charge in [-0.2, -0.15) is 0 Å².